The van der Waals surface area contributed by atoms with Crippen molar-refractivity contribution >= 4 is 27.5 Å². The molecule has 0 heterocycles. The predicted octanol–water partition coefficient (Wildman–Crippen LogP) is 1.50. The van der Waals surface area contributed by atoms with Gasteiger partial charge in [-0.2, -0.15) is 5.26 Å². The fourth-order valence-corrected chi connectivity index (χ4v) is 1.65. The van der Waals surface area contributed by atoms with Gasteiger partial charge in [0.15, 0.2) is 0 Å². The molecule has 0 aromatic heterocycles. The first-order valence-electron chi connectivity index (χ1n) is 5.36. The fourth-order valence-electron chi connectivity index (χ4n) is 1.29. The van der Waals surface area contributed by atoms with Crippen molar-refractivity contribution in [2.75, 3.05) is 32.1 Å². The Balaban J connectivity index is 2.54. The van der Waals surface area contributed by atoms with Crippen molar-refractivity contribution in [1.29, 1.82) is 5.26 Å². The van der Waals surface area contributed by atoms with E-state index in [2.05, 4.69) is 26.6 Å². The summed E-state index contributed by atoms with van der Waals surface area (Å²) in [5, 5.41) is 14.5. The largest absolute Gasteiger partial charge is 0.383 e. The average molecular weight is 312 g/mol. The maximum atomic E-state index is 11.6. The van der Waals surface area contributed by atoms with Crippen LogP contribution in [0.5, 0.6) is 0 Å². The van der Waals surface area contributed by atoms with Gasteiger partial charge in [-0.15, -0.1) is 0 Å². The Morgan fingerprint density at radius 3 is 3.00 bits per heavy atom. The van der Waals surface area contributed by atoms with Crippen LogP contribution in [0.1, 0.15) is 5.56 Å². The molecule has 1 amide bonds. The van der Waals surface area contributed by atoms with Gasteiger partial charge in [0, 0.05) is 18.1 Å². The molecule has 18 heavy (non-hydrogen) atoms. The Labute approximate surface area is 114 Å². The molecular formula is C12H14BrN3O2. The lowest BCUT2D eigenvalue weighted by molar-refractivity contribution is -0.115. The van der Waals surface area contributed by atoms with E-state index < -0.39 is 0 Å². The standard InChI is InChI=1S/C12H14BrN3O2/c1-18-5-4-15-8-12(17)16-11-6-10(13)3-2-9(11)7-14/h2-3,6,15H,4-5,8H2,1H3,(H,16,17). The van der Waals surface area contributed by atoms with E-state index >= 15 is 0 Å². The highest BCUT2D eigenvalue weighted by molar-refractivity contribution is 9.10. The molecule has 5 nitrogen and oxygen atoms in total. The number of rotatable bonds is 6. The van der Waals surface area contributed by atoms with Crippen molar-refractivity contribution in [2.45, 2.75) is 0 Å². The smallest absolute Gasteiger partial charge is 0.238 e. The monoisotopic (exact) mass is 311 g/mol. The number of anilines is 1. The van der Waals surface area contributed by atoms with Gasteiger partial charge in [0.25, 0.3) is 0 Å². The minimum Gasteiger partial charge on any atom is -0.383 e. The third-order valence-corrected chi connectivity index (χ3v) is 2.64. The normalized spacial score (nSPS) is 9.83. The summed E-state index contributed by atoms with van der Waals surface area (Å²) in [6, 6.07) is 7.13. The Bertz CT molecular complexity index is 457. The lowest BCUT2D eigenvalue weighted by atomic mass is 10.2. The number of benzene rings is 1. The molecule has 0 fully saturated rings. The molecule has 96 valence electrons. The van der Waals surface area contributed by atoms with Gasteiger partial charge in [-0.05, 0) is 18.2 Å². The van der Waals surface area contributed by atoms with Crippen molar-refractivity contribution in [3.05, 3.63) is 28.2 Å². The first-order chi connectivity index (χ1) is 8.67. The van der Waals surface area contributed by atoms with Gasteiger partial charge in [-0.25, -0.2) is 0 Å². The van der Waals surface area contributed by atoms with Crippen LogP contribution in [0.3, 0.4) is 0 Å². The van der Waals surface area contributed by atoms with Gasteiger partial charge in [0.2, 0.25) is 5.91 Å². The van der Waals surface area contributed by atoms with Crippen LogP contribution < -0.4 is 10.6 Å². The highest BCUT2D eigenvalue weighted by Gasteiger charge is 2.06. The van der Waals surface area contributed by atoms with Crippen molar-refractivity contribution in [3.8, 4) is 6.07 Å². The first-order valence-corrected chi connectivity index (χ1v) is 6.16. The fraction of sp³-hybridized carbons (Fsp3) is 0.333. The zero-order valence-corrected chi connectivity index (χ0v) is 11.6. The predicted molar refractivity (Wildman–Crippen MR) is 72.2 cm³/mol. The Kier molecular flexibility index (Phi) is 6.36. The molecule has 0 unspecified atom stereocenters. The number of hydrogen-bond acceptors (Lipinski definition) is 4. The zero-order chi connectivity index (χ0) is 13.4. The number of nitrogens with one attached hydrogen (secondary N) is 2. The average Bonchev–Trinajstić information content (AvgIpc) is 2.35. The molecule has 0 saturated carbocycles. The summed E-state index contributed by atoms with van der Waals surface area (Å²) in [5.74, 6) is -0.194. The lowest BCUT2D eigenvalue weighted by Crippen LogP contribution is -2.30. The van der Waals surface area contributed by atoms with Crippen LogP contribution in [0.15, 0.2) is 22.7 Å². The molecular weight excluding hydrogens is 298 g/mol. The number of halogens is 1. The third kappa shape index (κ3) is 4.84. The van der Waals surface area contributed by atoms with Crippen LogP contribution in [-0.2, 0) is 9.53 Å². The summed E-state index contributed by atoms with van der Waals surface area (Å²) in [7, 11) is 1.60. The molecule has 1 aromatic carbocycles. The minimum atomic E-state index is -0.194. The second kappa shape index (κ2) is 7.82. The molecule has 0 bridgehead atoms. The van der Waals surface area contributed by atoms with E-state index in [-0.39, 0.29) is 12.5 Å². The summed E-state index contributed by atoms with van der Waals surface area (Å²) in [6.45, 7) is 1.34. The topological polar surface area (TPSA) is 74.2 Å². The van der Waals surface area contributed by atoms with E-state index in [1.54, 1.807) is 25.3 Å². The van der Waals surface area contributed by atoms with Gasteiger partial charge in [0.1, 0.15) is 6.07 Å². The summed E-state index contributed by atoms with van der Waals surface area (Å²) in [4.78, 5) is 11.6. The van der Waals surface area contributed by atoms with E-state index in [1.165, 1.54) is 0 Å². The molecule has 1 rings (SSSR count). The van der Waals surface area contributed by atoms with Gasteiger partial charge in [0.05, 0.1) is 24.4 Å². The van der Waals surface area contributed by atoms with Crippen molar-refractivity contribution in [1.82, 2.24) is 5.32 Å². The maximum absolute atomic E-state index is 11.6. The first kappa shape index (κ1) is 14.6. The second-order valence-corrected chi connectivity index (χ2v) is 4.44. The van der Waals surface area contributed by atoms with Crippen molar-refractivity contribution in [2.24, 2.45) is 0 Å². The summed E-state index contributed by atoms with van der Waals surface area (Å²) >= 11 is 3.30. The molecule has 6 heteroatoms. The highest BCUT2D eigenvalue weighted by Crippen LogP contribution is 2.20. The molecule has 0 atom stereocenters. The number of amides is 1. The number of nitriles is 1. The van der Waals surface area contributed by atoms with Gasteiger partial charge in [-0.1, -0.05) is 15.9 Å². The molecule has 0 spiro atoms. The van der Waals surface area contributed by atoms with E-state index in [0.29, 0.717) is 24.4 Å². The second-order valence-electron chi connectivity index (χ2n) is 3.52. The SMILES string of the molecule is COCCNCC(=O)Nc1cc(Br)ccc1C#N. The van der Waals surface area contributed by atoms with Gasteiger partial charge in [-0.3, -0.25) is 4.79 Å². The van der Waals surface area contributed by atoms with Crippen LogP contribution >= 0.6 is 15.9 Å². The third-order valence-electron chi connectivity index (χ3n) is 2.14. The van der Waals surface area contributed by atoms with Gasteiger partial charge < -0.3 is 15.4 Å². The molecule has 0 saturated heterocycles. The quantitative estimate of drug-likeness (QED) is 0.781. The number of carbonyl (C=O) groups excluding carboxylic acids is 1. The van der Waals surface area contributed by atoms with E-state index in [4.69, 9.17) is 10.00 Å². The Morgan fingerprint density at radius 1 is 1.56 bits per heavy atom. The van der Waals surface area contributed by atoms with Gasteiger partial charge >= 0.3 is 0 Å². The van der Waals surface area contributed by atoms with Crippen LogP contribution in [0.25, 0.3) is 0 Å². The lowest BCUT2D eigenvalue weighted by Gasteiger charge is -2.08. The molecule has 0 radical (unpaired) electrons. The molecule has 0 aliphatic heterocycles. The minimum absolute atomic E-state index is 0.181. The molecule has 1 aromatic rings. The highest BCUT2D eigenvalue weighted by atomic mass is 79.9. The van der Waals surface area contributed by atoms with E-state index in [1.807, 2.05) is 6.07 Å². The summed E-state index contributed by atoms with van der Waals surface area (Å²) in [5.41, 5.74) is 0.939. The van der Waals surface area contributed by atoms with Crippen LogP contribution in [-0.4, -0.2) is 32.7 Å². The number of nitrogens with zero attached hydrogens (tertiary/aromatic N) is 1. The molecule has 2 N–H and O–H groups in total. The van der Waals surface area contributed by atoms with E-state index in [0.717, 1.165) is 4.47 Å². The maximum Gasteiger partial charge on any atom is 0.238 e. The number of ether oxygens (including phenoxy) is 1. The molecule has 0 aliphatic carbocycles. The van der Waals surface area contributed by atoms with Crippen molar-refractivity contribution in [3.63, 3.8) is 0 Å². The molecule has 0 aliphatic rings. The van der Waals surface area contributed by atoms with Crippen LogP contribution in [0, 0.1) is 11.3 Å². The zero-order valence-electron chi connectivity index (χ0n) is 10.00. The number of carbonyl (C=O) groups is 1. The number of hydrogen-bond donors (Lipinski definition) is 2. The Morgan fingerprint density at radius 2 is 2.33 bits per heavy atom. The van der Waals surface area contributed by atoms with Crippen LogP contribution in [0.4, 0.5) is 5.69 Å². The number of methoxy groups -OCH3 is 1. The summed E-state index contributed by atoms with van der Waals surface area (Å²) in [6.07, 6.45) is 0. The Hall–Kier alpha value is -1.42. The summed E-state index contributed by atoms with van der Waals surface area (Å²) < 4.78 is 5.66. The van der Waals surface area contributed by atoms with Crippen molar-refractivity contribution < 1.29 is 9.53 Å². The van der Waals surface area contributed by atoms with Crippen LogP contribution in [0.2, 0.25) is 0 Å². The van der Waals surface area contributed by atoms with E-state index in [9.17, 15) is 4.79 Å².